The van der Waals surface area contributed by atoms with E-state index in [-0.39, 0.29) is 17.8 Å². The van der Waals surface area contributed by atoms with Crippen molar-refractivity contribution in [1.29, 1.82) is 0 Å². The molecule has 1 heterocycles. The average Bonchev–Trinajstić information content (AvgIpc) is 2.38. The van der Waals surface area contributed by atoms with Gasteiger partial charge in [-0.15, -0.1) is 0 Å². The van der Waals surface area contributed by atoms with Crippen LogP contribution in [0.15, 0.2) is 18.2 Å². The molecular formula is C14H19FN2O3. The van der Waals surface area contributed by atoms with Crippen molar-refractivity contribution in [2.45, 2.75) is 38.8 Å². The lowest BCUT2D eigenvalue weighted by atomic mass is 9.95. The lowest BCUT2D eigenvalue weighted by molar-refractivity contribution is -0.385. The van der Waals surface area contributed by atoms with Gasteiger partial charge in [0.1, 0.15) is 5.82 Å². The topological polar surface area (TPSA) is 64.4 Å². The van der Waals surface area contributed by atoms with Gasteiger partial charge in [-0.05, 0) is 24.8 Å². The Labute approximate surface area is 117 Å². The summed E-state index contributed by atoms with van der Waals surface area (Å²) in [4.78, 5) is 10.1. The Hall–Kier alpha value is -1.69. The van der Waals surface area contributed by atoms with Crippen molar-refractivity contribution in [3.05, 3.63) is 34.1 Å². The summed E-state index contributed by atoms with van der Waals surface area (Å²) < 4.78 is 19.0. The van der Waals surface area contributed by atoms with Gasteiger partial charge in [-0.1, -0.05) is 13.8 Å². The molecule has 1 fully saturated rings. The van der Waals surface area contributed by atoms with E-state index in [0.717, 1.165) is 18.9 Å². The highest BCUT2D eigenvalue weighted by Crippen LogP contribution is 2.25. The van der Waals surface area contributed by atoms with Gasteiger partial charge < -0.3 is 10.1 Å². The van der Waals surface area contributed by atoms with Crippen LogP contribution in [0.4, 0.5) is 15.8 Å². The minimum atomic E-state index is -0.603. The molecular weight excluding hydrogens is 263 g/mol. The summed E-state index contributed by atoms with van der Waals surface area (Å²) in [5.41, 5.74) is 0.214. The highest BCUT2D eigenvalue weighted by atomic mass is 19.1. The minimum absolute atomic E-state index is 0.151. The summed E-state index contributed by atoms with van der Waals surface area (Å²) in [6.45, 7) is 4.85. The summed E-state index contributed by atoms with van der Waals surface area (Å²) >= 11 is 0. The second kappa shape index (κ2) is 6.17. The third kappa shape index (κ3) is 3.66. The first-order valence-corrected chi connectivity index (χ1v) is 6.79. The maximum absolute atomic E-state index is 13.4. The number of halogens is 1. The van der Waals surface area contributed by atoms with E-state index in [1.807, 2.05) is 0 Å². The van der Waals surface area contributed by atoms with Gasteiger partial charge in [0, 0.05) is 24.4 Å². The van der Waals surface area contributed by atoms with Crippen LogP contribution < -0.4 is 5.32 Å². The van der Waals surface area contributed by atoms with Crippen LogP contribution in [0, 0.1) is 21.8 Å². The molecule has 1 saturated heterocycles. The predicted octanol–water partition coefficient (Wildman–Crippen LogP) is 3.35. The Morgan fingerprint density at radius 1 is 1.45 bits per heavy atom. The molecule has 1 aliphatic rings. The molecule has 1 N–H and O–H groups in total. The number of non-ortho nitro benzene ring substituents is 1. The van der Waals surface area contributed by atoms with E-state index >= 15 is 0 Å². The number of nitrogens with zero attached hydrogens (tertiary/aromatic N) is 1. The Morgan fingerprint density at radius 2 is 2.20 bits per heavy atom. The number of rotatable bonds is 4. The summed E-state index contributed by atoms with van der Waals surface area (Å²) in [7, 11) is 0. The number of nitro groups is 1. The monoisotopic (exact) mass is 282 g/mol. The van der Waals surface area contributed by atoms with Crippen molar-refractivity contribution >= 4 is 11.4 Å². The molecule has 2 atom stereocenters. The number of ether oxygens (including phenoxy) is 1. The van der Waals surface area contributed by atoms with E-state index in [9.17, 15) is 14.5 Å². The average molecular weight is 282 g/mol. The highest BCUT2D eigenvalue weighted by molar-refractivity contribution is 5.52. The number of hydrogen-bond donors (Lipinski definition) is 1. The SMILES string of the molecule is CC(C)C1CC(Nc2cc(F)cc([N+](=O)[O-])c2)CCO1. The summed E-state index contributed by atoms with van der Waals surface area (Å²) in [5, 5.41) is 13.9. The third-order valence-corrected chi connectivity index (χ3v) is 3.52. The lowest BCUT2D eigenvalue weighted by Crippen LogP contribution is -2.36. The number of hydrogen-bond acceptors (Lipinski definition) is 4. The smallest absolute Gasteiger partial charge is 0.274 e. The van der Waals surface area contributed by atoms with E-state index in [4.69, 9.17) is 4.74 Å². The van der Waals surface area contributed by atoms with E-state index < -0.39 is 10.7 Å². The van der Waals surface area contributed by atoms with Gasteiger partial charge in [0.2, 0.25) is 0 Å². The van der Waals surface area contributed by atoms with E-state index in [2.05, 4.69) is 19.2 Å². The highest BCUT2D eigenvalue weighted by Gasteiger charge is 2.25. The van der Waals surface area contributed by atoms with Gasteiger partial charge >= 0.3 is 0 Å². The first-order valence-electron chi connectivity index (χ1n) is 6.79. The Morgan fingerprint density at radius 3 is 2.85 bits per heavy atom. The normalized spacial score (nSPS) is 22.8. The van der Waals surface area contributed by atoms with Gasteiger partial charge in [-0.25, -0.2) is 4.39 Å². The van der Waals surface area contributed by atoms with Crippen LogP contribution in [0.5, 0.6) is 0 Å². The fourth-order valence-electron chi connectivity index (χ4n) is 2.42. The van der Waals surface area contributed by atoms with Gasteiger partial charge in [-0.2, -0.15) is 0 Å². The molecule has 0 radical (unpaired) electrons. The molecule has 2 rings (SSSR count). The van der Waals surface area contributed by atoms with Crippen molar-refractivity contribution in [2.75, 3.05) is 11.9 Å². The fraction of sp³-hybridized carbons (Fsp3) is 0.571. The Bertz CT molecular complexity index is 493. The minimum Gasteiger partial charge on any atom is -0.382 e. The first-order chi connectivity index (χ1) is 9.45. The first kappa shape index (κ1) is 14.7. The molecule has 2 unspecified atom stereocenters. The van der Waals surface area contributed by atoms with Gasteiger partial charge in [0.15, 0.2) is 0 Å². The molecule has 1 aromatic rings. The van der Waals surface area contributed by atoms with E-state index in [1.165, 1.54) is 12.1 Å². The number of nitrogens with one attached hydrogen (secondary N) is 1. The predicted molar refractivity (Wildman–Crippen MR) is 74.3 cm³/mol. The van der Waals surface area contributed by atoms with Crippen LogP contribution in [0.3, 0.4) is 0 Å². The van der Waals surface area contributed by atoms with Crippen molar-refractivity contribution in [2.24, 2.45) is 5.92 Å². The van der Waals surface area contributed by atoms with Gasteiger partial charge in [0.05, 0.1) is 17.1 Å². The van der Waals surface area contributed by atoms with Crippen LogP contribution >= 0.6 is 0 Å². The molecule has 110 valence electrons. The number of nitro benzene ring substituents is 1. The van der Waals surface area contributed by atoms with Gasteiger partial charge in [0.25, 0.3) is 5.69 Å². The zero-order valence-electron chi connectivity index (χ0n) is 11.6. The number of benzene rings is 1. The fourth-order valence-corrected chi connectivity index (χ4v) is 2.42. The molecule has 5 nitrogen and oxygen atoms in total. The largest absolute Gasteiger partial charge is 0.382 e. The van der Waals surface area contributed by atoms with Gasteiger partial charge in [-0.3, -0.25) is 10.1 Å². The molecule has 20 heavy (non-hydrogen) atoms. The zero-order valence-corrected chi connectivity index (χ0v) is 11.6. The van der Waals surface area contributed by atoms with Crippen LogP contribution in [-0.4, -0.2) is 23.7 Å². The number of anilines is 1. The quantitative estimate of drug-likeness (QED) is 0.679. The second-order valence-electron chi connectivity index (χ2n) is 5.47. The zero-order chi connectivity index (χ0) is 14.7. The summed E-state index contributed by atoms with van der Waals surface area (Å²) in [6, 6.07) is 3.72. The van der Waals surface area contributed by atoms with E-state index in [0.29, 0.717) is 18.2 Å². The Balaban J connectivity index is 2.07. The van der Waals surface area contributed by atoms with Crippen LogP contribution in [0.1, 0.15) is 26.7 Å². The lowest BCUT2D eigenvalue weighted by Gasteiger charge is -2.32. The van der Waals surface area contributed by atoms with Crippen molar-refractivity contribution in [1.82, 2.24) is 0 Å². The van der Waals surface area contributed by atoms with Crippen LogP contribution in [0.25, 0.3) is 0 Å². The second-order valence-corrected chi connectivity index (χ2v) is 5.47. The molecule has 0 spiro atoms. The van der Waals surface area contributed by atoms with Crippen LogP contribution in [-0.2, 0) is 4.74 Å². The van der Waals surface area contributed by atoms with E-state index in [1.54, 1.807) is 0 Å². The maximum atomic E-state index is 13.4. The summed E-state index contributed by atoms with van der Waals surface area (Å²) in [6.07, 6.45) is 1.81. The third-order valence-electron chi connectivity index (χ3n) is 3.52. The molecule has 0 bridgehead atoms. The molecule has 1 aliphatic heterocycles. The van der Waals surface area contributed by atoms with Crippen molar-refractivity contribution < 1.29 is 14.1 Å². The van der Waals surface area contributed by atoms with Crippen LogP contribution in [0.2, 0.25) is 0 Å². The molecule has 0 saturated carbocycles. The molecule has 0 amide bonds. The maximum Gasteiger partial charge on any atom is 0.274 e. The molecule has 1 aromatic carbocycles. The standard InChI is InChI=1S/C14H19FN2O3/c1-9(2)14-8-11(3-4-20-14)16-12-5-10(15)6-13(7-12)17(18)19/h5-7,9,11,14,16H,3-4,8H2,1-2H3. The molecule has 6 heteroatoms. The molecule has 0 aliphatic carbocycles. The van der Waals surface area contributed by atoms with Crippen molar-refractivity contribution in [3.8, 4) is 0 Å². The summed E-state index contributed by atoms with van der Waals surface area (Å²) in [5.74, 6) is -0.185. The van der Waals surface area contributed by atoms with Crippen molar-refractivity contribution in [3.63, 3.8) is 0 Å². The molecule has 0 aromatic heterocycles. The Kier molecular flexibility index (Phi) is 4.54.